The summed E-state index contributed by atoms with van der Waals surface area (Å²) in [6.45, 7) is 2.37. The van der Waals surface area contributed by atoms with E-state index >= 15 is 0 Å². The third-order valence-electron chi connectivity index (χ3n) is 3.22. The summed E-state index contributed by atoms with van der Waals surface area (Å²) in [6, 6.07) is 17.1. The van der Waals surface area contributed by atoms with Gasteiger partial charge in [-0.1, -0.05) is 18.2 Å². The van der Waals surface area contributed by atoms with E-state index in [4.69, 9.17) is 15.2 Å². The maximum Gasteiger partial charge on any atom is 0.242 e. The third kappa shape index (κ3) is 3.73. The van der Waals surface area contributed by atoms with E-state index < -0.39 is 0 Å². The second kappa shape index (κ2) is 7.32. The predicted octanol–water partition coefficient (Wildman–Crippen LogP) is 3.99. The molecule has 3 rings (SSSR count). The maximum atomic E-state index is 6.01. The van der Waals surface area contributed by atoms with Crippen LogP contribution < -0.4 is 20.5 Å². The van der Waals surface area contributed by atoms with Gasteiger partial charge in [0.25, 0.3) is 0 Å². The lowest BCUT2D eigenvalue weighted by Crippen LogP contribution is -2.04. The fraction of sp³-hybridized carbons (Fsp3) is 0.111. The van der Waals surface area contributed by atoms with E-state index in [-0.39, 0.29) is 0 Å². The molecule has 122 valence electrons. The standard InChI is InChI=1S/C18H18N4O2/c1-2-23-18-16(19)17(20-12-21-18)22-13-8-10-15(11-9-13)24-14-6-4-3-5-7-14/h3-12H,2,19H2,1H3,(H,20,21,22). The zero-order valence-corrected chi connectivity index (χ0v) is 13.3. The first-order chi connectivity index (χ1) is 11.8. The summed E-state index contributed by atoms with van der Waals surface area (Å²) in [7, 11) is 0. The topological polar surface area (TPSA) is 82.3 Å². The maximum absolute atomic E-state index is 6.01. The van der Waals surface area contributed by atoms with Crippen LogP contribution in [0.3, 0.4) is 0 Å². The van der Waals surface area contributed by atoms with Crippen molar-refractivity contribution < 1.29 is 9.47 Å². The van der Waals surface area contributed by atoms with Gasteiger partial charge >= 0.3 is 0 Å². The second-order valence-electron chi connectivity index (χ2n) is 4.94. The Kier molecular flexibility index (Phi) is 4.76. The Balaban J connectivity index is 1.71. The fourth-order valence-corrected chi connectivity index (χ4v) is 2.10. The van der Waals surface area contributed by atoms with Crippen LogP contribution in [0, 0.1) is 0 Å². The molecule has 6 heteroatoms. The molecule has 0 spiro atoms. The molecule has 0 unspecified atom stereocenters. The summed E-state index contributed by atoms with van der Waals surface area (Å²) < 4.78 is 11.1. The van der Waals surface area contributed by atoms with Crippen LogP contribution in [0.2, 0.25) is 0 Å². The SMILES string of the molecule is CCOc1ncnc(Nc2ccc(Oc3ccccc3)cc2)c1N. The molecule has 1 aromatic heterocycles. The number of ether oxygens (including phenoxy) is 2. The van der Waals surface area contributed by atoms with Gasteiger partial charge in [0.1, 0.15) is 23.5 Å². The summed E-state index contributed by atoms with van der Waals surface area (Å²) in [4.78, 5) is 8.16. The smallest absolute Gasteiger partial charge is 0.242 e. The lowest BCUT2D eigenvalue weighted by atomic mass is 10.3. The van der Waals surface area contributed by atoms with Gasteiger partial charge in [0.2, 0.25) is 5.88 Å². The highest BCUT2D eigenvalue weighted by atomic mass is 16.5. The van der Waals surface area contributed by atoms with E-state index in [2.05, 4.69) is 15.3 Å². The van der Waals surface area contributed by atoms with Crippen molar-refractivity contribution in [3.8, 4) is 17.4 Å². The van der Waals surface area contributed by atoms with Crippen LogP contribution in [0.15, 0.2) is 60.9 Å². The van der Waals surface area contributed by atoms with Gasteiger partial charge in [-0.15, -0.1) is 0 Å². The number of benzene rings is 2. The van der Waals surface area contributed by atoms with E-state index in [1.165, 1.54) is 6.33 Å². The quantitative estimate of drug-likeness (QED) is 0.714. The van der Waals surface area contributed by atoms with Crippen molar-refractivity contribution in [2.45, 2.75) is 6.92 Å². The molecule has 0 saturated heterocycles. The Morgan fingerprint density at radius 2 is 1.67 bits per heavy atom. The Morgan fingerprint density at radius 3 is 2.38 bits per heavy atom. The Morgan fingerprint density at radius 1 is 0.958 bits per heavy atom. The highest BCUT2D eigenvalue weighted by Gasteiger charge is 2.09. The molecule has 0 bridgehead atoms. The largest absolute Gasteiger partial charge is 0.476 e. The lowest BCUT2D eigenvalue weighted by molar-refractivity contribution is 0.328. The van der Waals surface area contributed by atoms with Gasteiger partial charge < -0.3 is 20.5 Å². The number of para-hydroxylation sites is 1. The van der Waals surface area contributed by atoms with Crippen LogP contribution in [0.25, 0.3) is 0 Å². The first kappa shape index (κ1) is 15.6. The first-order valence-electron chi connectivity index (χ1n) is 7.59. The molecule has 0 aliphatic rings. The van der Waals surface area contributed by atoms with Gasteiger partial charge in [0.05, 0.1) is 6.61 Å². The van der Waals surface area contributed by atoms with Crippen LogP contribution in [0.5, 0.6) is 17.4 Å². The molecule has 0 atom stereocenters. The third-order valence-corrected chi connectivity index (χ3v) is 3.22. The fourth-order valence-electron chi connectivity index (χ4n) is 2.10. The van der Waals surface area contributed by atoms with Gasteiger partial charge in [-0.05, 0) is 43.3 Å². The van der Waals surface area contributed by atoms with Crippen LogP contribution in [0.4, 0.5) is 17.2 Å². The second-order valence-corrected chi connectivity index (χ2v) is 4.94. The molecule has 0 fully saturated rings. The number of rotatable bonds is 6. The van der Waals surface area contributed by atoms with Gasteiger partial charge in [-0.2, -0.15) is 4.98 Å². The molecule has 0 aliphatic heterocycles. The van der Waals surface area contributed by atoms with Crippen LogP contribution >= 0.6 is 0 Å². The minimum Gasteiger partial charge on any atom is -0.476 e. The average molecular weight is 322 g/mol. The van der Waals surface area contributed by atoms with Crippen LogP contribution in [0.1, 0.15) is 6.92 Å². The molecule has 3 aromatic rings. The number of aromatic nitrogens is 2. The number of nitrogen functional groups attached to an aromatic ring is 1. The normalized spacial score (nSPS) is 10.2. The minimum absolute atomic E-state index is 0.374. The van der Waals surface area contributed by atoms with Crippen molar-refractivity contribution in [2.24, 2.45) is 0 Å². The van der Waals surface area contributed by atoms with Crippen LogP contribution in [-0.4, -0.2) is 16.6 Å². The predicted molar refractivity (Wildman–Crippen MR) is 93.9 cm³/mol. The molecule has 0 radical (unpaired) electrons. The van der Waals surface area contributed by atoms with Crippen molar-refractivity contribution in [3.63, 3.8) is 0 Å². The molecule has 3 N–H and O–H groups in total. The number of nitrogens with two attached hydrogens (primary N) is 1. The van der Waals surface area contributed by atoms with E-state index in [0.717, 1.165) is 17.2 Å². The van der Waals surface area contributed by atoms with Gasteiger partial charge in [-0.25, -0.2) is 4.98 Å². The Hall–Kier alpha value is -3.28. The highest BCUT2D eigenvalue weighted by Crippen LogP contribution is 2.28. The van der Waals surface area contributed by atoms with Crippen molar-refractivity contribution in [3.05, 3.63) is 60.9 Å². The summed E-state index contributed by atoms with van der Waals surface area (Å²) in [6.07, 6.45) is 1.41. The molecular weight excluding hydrogens is 304 g/mol. The number of anilines is 3. The molecule has 2 aromatic carbocycles. The van der Waals surface area contributed by atoms with Crippen molar-refractivity contribution in [2.75, 3.05) is 17.7 Å². The van der Waals surface area contributed by atoms with Crippen molar-refractivity contribution in [1.82, 2.24) is 9.97 Å². The summed E-state index contributed by atoms with van der Waals surface area (Å²) in [5.41, 5.74) is 7.23. The van der Waals surface area contributed by atoms with E-state index in [0.29, 0.717) is 24.0 Å². The molecule has 0 saturated carbocycles. The molecular formula is C18H18N4O2. The number of nitrogens with one attached hydrogen (secondary N) is 1. The first-order valence-corrected chi connectivity index (χ1v) is 7.59. The summed E-state index contributed by atoms with van der Waals surface area (Å²) >= 11 is 0. The van der Waals surface area contributed by atoms with E-state index in [1.807, 2.05) is 61.5 Å². The summed E-state index contributed by atoms with van der Waals surface area (Å²) in [5, 5.41) is 3.15. The number of hydrogen-bond donors (Lipinski definition) is 2. The minimum atomic E-state index is 0.374. The highest BCUT2D eigenvalue weighted by molar-refractivity contribution is 5.72. The monoisotopic (exact) mass is 322 g/mol. The van der Waals surface area contributed by atoms with Crippen molar-refractivity contribution in [1.29, 1.82) is 0 Å². The molecule has 0 amide bonds. The zero-order valence-electron chi connectivity index (χ0n) is 13.3. The van der Waals surface area contributed by atoms with Gasteiger partial charge in [0, 0.05) is 5.69 Å². The Labute approximate surface area is 140 Å². The molecule has 6 nitrogen and oxygen atoms in total. The average Bonchev–Trinajstić information content (AvgIpc) is 2.61. The van der Waals surface area contributed by atoms with E-state index in [1.54, 1.807) is 0 Å². The Bertz CT molecular complexity index is 792. The van der Waals surface area contributed by atoms with E-state index in [9.17, 15) is 0 Å². The van der Waals surface area contributed by atoms with Crippen molar-refractivity contribution >= 4 is 17.2 Å². The molecule has 0 aliphatic carbocycles. The van der Waals surface area contributed by atoms with Crippen LogP contribution in [-0.2, 0) is 0 Å². The molecule has 24 heavy (non-hydrogen) atoms. The summed E-state index contributed by atoms with van der Waals surface area (Å²) in [5.74, 6) is 2.42. The number of hydrogen-bond acceptors (Lipinski definition) is 6. The number of nitrogens with zero attached hydrogens (tertiary/aromatic N) is 2. The van der Waals surface area contributed by atoms with Gasteiger partial charge in [0.15, 0.2) is 5.82 Å². The molecule has 1 heterocycles. The lowest BCUT2D eigenvalue weighted by Gasteiger charge is -2.11. The zero-order chi connectivity index (χ0) is 16.8. The van der Waals surface area contributed by atoms with Gasteiger partial charge in [-0.3, -0.25) is 0 Å².